The van der Waals surface area contributed by atoms with Gasteiger partial charge in [0.15, 0.2) is 0 Å². The van der Waals surface area contributed by atoms with Crippen LogP contribution in [0.2, 0.25) is 12.1 Å². The van der Waals surface area contributed by atoms with Gasteiger partial charge in [0, 0.05) is 9.52 Å². The summed E-state index contributed by atoms with van der Waals surface area (Å²) in [6, 6.07) is -0.226. The number of allylic oxidation sites excluding steroid dienone is 1. The highest BCUT2D eigenvalue weighted by atomic mass is 35.8. The molecule has 0 aliphatic carbocycles. The molecule has 0 fully saturated rings. The Morgan fingerprint density at radius 3 is 2.33 bits per heavy atom. The second-order valence-electron chi connectivity index (χ2n) is 3.14. The molecule has 0 rings (SSSR count). The van der Waals surface area contributed by atoms with Crippen molar-refractivity contribution in [2.24, 2.45) is 0 Å². The lowest BCUT2D eigenvalue weighted by molar-refractivity contribution is 1.06. The predicted octanol–water partition coefficient (Wildman–Crippen LogP) is 3.54. The van der Waals surface area contributed by atoms with E-state index in [4.69, 9.17) is 33.2 Å². The molecule has 0 spiro atoms. The standard InChI is InChI=1S/C7H15Cl3Si2/c1-7(2)6-11-4-3-5-12(8,9)10/h6H,3-5,11H2,1-2H3. The van der Waals surface area contributed by atoms with Crippen LogP contribution in [0.25, 0.3) is 0 Å². The maximum atomic E-state index is 5.74. The van der Waals surface area contributed by atoms with Crippen molar-refractivity contribution < 1.29 is 0 Å². The van der Waals surface area contributed by atoms with Crippen LogP contribution in [0.4, 0.5) is 0 Å². The smallest absolute Gasteiger partial charge is 0.126 e. The molecule has 0 bridgehead atoms. The molecule has 0 aliphatic heterocycles. The zero-order chi connectivity index (χ0) is 9.61. The third-order valence-corrected chi connectivity index (χ3v) is 6.10. The van der Waals surface area contributed by atoms with Crippen molar-refractivity contribution in [2.45, 2.75) is 32.4 Å². The molecule has 0 aromatic carbocycles. The third kappa shape index (κ3) is 11.0. The van der Waals surface area contributed by atoms with Crippen LogP contribution in [-0.4, -0.2) is 15.5 Å². The summed E-state index contributed by atoms with van der Waals surface area (Å²) in [6.07, 6.45) is 1.10. The molecular formula is C7H15Cl3Si2. The number of hydrogen-bond acceptors (Lipinski definition) is 0. The van der Waals surface area contributed by atoms with E-state index in [1.807, 2.05) is 0 Å². The summed E-state index contributed by atoms with van der Waals surface area (Å²) in [4.78, 5) is 0. The van der Waals surface area contributed by atoms with Gasteiger partial charge in [-0.25, -0.2) is 0 Å². The highest BCUT2D eigenvalue weighted by Crippen LogP contribution is 2.26. The van der Waals surface area contributed by atoms with Gasteiger partial charge in [0.05, 0.1) is 0 Å². The Labute approximate surface area is 92.2 Å². The van der Waals surface area contributed by atoms with Gasteiger partial charge in [-0.1, -0.05) is 18.0 Å². The Bertz CT molecular complexity index is 147. The van der Waals surface area contributed by atoms with Gasteiger partial charge in [0.1, 0.15) is 0 Å². The van der Waals surface area contributed by atoms with Crippen LogP contribution in [0, 0.1) is 0 Å². The van der Waals surface area contributed by atoms with Crippen molar-refractivity contribution in [1.29, 1.82) is 0 Å². The molecule has 0 aromatic rings. The molecule has 0 aliphatic rings. The summed E-state index contributed by atoms with van der Waals surface area (Å²) in [5.74, 6) is 0. The van der Waals surface area contributed by atoms with Gasteiger partial charge in [-0.3, -0.25) is 0 Å². The fourth-order valence-corrected chi connectivity index (χ4v) is 4.53. The summed E-state index contributed by atoms with van der Waals surface area (Å²) in [5, 5.41) is 0. The van der Waals surface area contributed by atoms with Gasteiger partial charge < -0.3 is 0 Å². The van der Waals surface area contributed by atoms with Crippen LogP contribution < -0.4 is 0 Å². The Kier molecular flexibility index (Phi) is 7.06. The molecule has 0 unspecified atom stereocenters. The van der Waals surface area contributed by atoms with E-state index >= 15 is 0 Å². The van der Waals surface area contributed by atoms with Crippen molar-refractivity contribution in [3.8, 4) is 0 Å². The monoisotopic (exact) mass is 260 g/mol. The summed E-state index contributed by atoms with van der Waals surface area (Å²) in [5.41, 5.74) is 3.78. The summed E-state index contributed by atoms with van der Waals surface area (Å²) < 4.78 is 0. The average Bonchev–Trinajstić information content (AvgIpc) is 1.83. The highest BCUT2D eigenvalue weighted by Gasteiger charge is 2.23. The Balaban J connectivity index is 3.29. The number of rotatable bonds is 5. The first-order chi connectivity index (χ1) is 5.42. The molecular weight excluding hydrogens is 247 g/mol. The first-order valence-corrected chi connectivity index (χ1v) is 11.2. The molecule has 12 heavy (non-hydrogen) atoms. The molecule has 0 heterocycles. The first kappa shape index (κ1) is 13.0. The lowest BCUT2D eigenvalue weighted by Gasteiger charge is -2.05. The molecule has 0 N–H and O–H groups in total. The molecule has 0 atom stereocenters. The lowest BCUT2D eigenvalue weighted by atomic mass is 10.4. The average molecular weight is 262 g/mol. The molecule has 0 saturated carbocycles. The minimum absolute atomic E-state index is 0.0209. The van der Waals surface area contributed by atoms with Crippen LogP contribution in [-0.2, 0) is 0 Å². The number of halogens is 3. The van der Waals surface area contributed by atoms with Gasteiger partial charge in [-0.05, 0) is 19.9 Å². The van der Waals surface area contributed by atoms with Crippen LogP contribution in [0.5, 0.6) is 0 Å². The van der Waals surface area contributed by atoms with E-state index in [9.17, 15) is 0 Å². The van der Waals surface area contributed by atoms with E-state index in [0.29, 0.717) is 0 Å². The second-order valence-corrected chi connectivity index (χ2v) is 14.1. The Morgan fingerprint density at radius 1 is 1.33 bits per heavy atom. The summed E-state index contributed by atoms with van der Waals surface area (Å²) in [6.45, 7) is 4.27. The summed E-state index contributed by atoms with van der Waals surface area (Å²) in [7, 11) is -0.0209. The van der Waals surface area contributed by atoms with Crippen LogP contribution >= 0.6 is 33.2 Å². The molecule has 5 heteroatoms. The van der Waals surface area contributed by atoms with Gasteiger partial charge >= 0.3 is 6.00 Å². The van der Waals surface area contributed by atoms with Crippen molar-refractivity contribution in [3.63, 3.8) is 0 Å². The maximum Gasteiger partial charge on any atom is 0.341 e. The topological polar surface area (TPSA) is 0 Å². The van der Waals surface area contributed by atoms with Gasteiger partial charge in [0.2, 0.25) is 0 Å². The number of hydrogen-bond donors (Lipinski definition) is 0. The Morgan fingerprint density at radius 2 is 1.92 bits per heavy atom. The maximum absolute atomic E-state index is 5.74. The fourth-order valence-electron chi connectivity index (χ4n) is 0.861. The van der Waals surface area contributed by atoms with Crippen LogP contribution in [0.3, 0.4) is 0 Å². The van der Waals surface area contributed by atoms with Crippen molar-refractivity contribution in [1.82, 2.24) is 0 Å². The van der Waals surface area contributed by atoms with E-state index < -0.39 is 6.00 Å². The lowest BCUT2D eigenvalue weighted by Crippen LogP contribution is -2.08. The molecule has 0 aromatic heterocycles. The quantitative estimate of drug-likeness (QED) is 0.403. The Hall–Kier alpha value is 1.04. The largest absolute Gasteiger partial charge is 0.341 e. The van der Waals surface area contributed by atoms with Crippen LogP contribution in [0.15, 0.2) is 11.3 Å². The van der Waals surface area contributed by atoms with E-state index in [0.717, 1.165) is 12.5 Å². The van der Waals surface area contributed by atoms with E-state index in [1.165, 1.54) is 11.6 Å². The SMILES string of the molecule is CC(C)=C[SiH2]CCC[Si](Cl)(Cl)Cl. The normalized spacial score (nSPS) is 12.4. The summed E-state index contributed by atoms with van der Waals surface area (Å²) >= 11 is 17.2. The molecule has 0 nitrogen and oxygen atoms in total. The van der Waals surface area contributed by atoms with Crippen molar-refractivity contribution in [2.75, 3.05) is 0 Å². The fraction of sp³-hybridized carbons (Fsp3) is 0.714. The minimum atomic E-state index is -2.32. The van der Waals surface area contributed by atoms with Gasteiger partial charge in [-0.2, -0.15) is 0 Å². The van der Waals surface area contributed by atoms with Crippen molar-refractivity contribution in [3.05, 3.63) is 11.3 Å². The molecule has 0 radical (unpaired) electrons. The van der Waals surface area contributed by atoms with Gasteiger partial charge in [0.25, 0.3) is 0 Å². The minimum Gasteiger partial charge on any atom is -0.126 e. The molecule has 0 saturated heterocycles. The molecule has 0 amide bonds. The first-order valence-electron chi connectivity index (χ1n) is 4.12. The van der Waals surface area contributed by atoms with Gasteiger partial charge in [-0.15, -0.1) is 38.9 Å². The zero-order valence-electron chi connectivity index (χ0n) is 7.54. The zero-order valence-corrected chi connectivity index (χ0v) is 12.2. The highest BCUT2D eigenvalue weighted by molar-refractivity contribution is 7.64. The van der Waals surface area contributed by atoms with E-state index in [1.54, 1.807) is 0 Å². The third-order valence-electron chi connectivity index (χ3n) is 1.47. The second kappa shape index (κ2) is 6.49. The predicted molar refractivity (Wildman–Crippen MR) is 65.5 cm³/mol. The van der Waals surface area contributed by atoms with Crippen LogP contribution in [0.1, 0.15) is 20.3 Å². The van der Waals surface area contributed by atoms with Crippen molar-refractivity contribution >= 4 is 48.8 Å². The van der Waals surface area contributed by atoms with E-state index in [2.05, 4.69) is 19.5 Å². The molecule has 72 valence electrons. The van der Waals surface area contributed by atoms with E-state index in [-0.39, 0.29) is 9.52 Å².